The second kappa shape index (κ2) is 11.5. The zero-order valence-electron chi connectivity index (χ0n) is 23.6. The zero-order chi connectivity index (χ0) is 28.3. The van der Waals surface area contributed by atoms with E-state index >= 15 is 0 Å². The highest BCUT2D eigenvalue weighted by atomic mass is 16.6. The summed E-state index contributed by atoms with van der Waals surface area (Å²) in [5.41, 5.74) is 4.07. The van der Waals surface area contributed by atoms with Crippen molar-refractivity contribution in [3.05, 3.63) is 54.4 Å². The Hall–Kier alpha value is -4.25. The minimum atomic E-state index is -0.491. The Morgan fingerprint density at radius 3 is 2.58 bits per heavy atom. The normalized spacial score (nSPS) is 15.2. The molecule has 0 saturated carbocycles. The van der Waals surface area contributed by atoms with Crippen LogP contribution in [0.5, 0.6) is 6.01 Å². The molecule has 40 heavy (non-hydrogen) atoms. The second-order valence-corrected chi connectivity index (χ2v) is 10.8. The number of piperazine rings is 1. The van der Waals surface area contributed by atoms with E-state index in [-0.39, 0.29) is 12.1 Å². The number of H-pyrrole nitrogens is 1. The smallest absolute Gasteiger partial charge is 0.410 e. The van der Waals surface area contributed by atoms with E-state index in [1.807, 2.05) is 64.1 Å². The fourth-order valence-corrected chi connectivity index (χ4v) is 4.65. The maximum absolute atomic E-state index is 12.4. The van der Waals surface area contributed by atoms with Gasteiger partial charge in [0.05, 0.1) is 23.3 Å². The quantitative estimate of drug-likeness (QED) is 0.324. The standard InChI is InChI=1S/C29H36N8O3/c1-6-39-27-31-12-10-22(34-27)21-7-8-23-24(17-21)33-26(32-23)35-25-18-20(9-11-30-25)19(2)36-13-15-37(16-14-36)28(38)40-29(3,4)5/h7-12,17-19H,6,13-16H2,1-5H3,(H2,30,32,33,35). The van der Waals surface area contributed by atoms with Crippen LogP contribution >= 0.6 is 0 Å². The highest BCUT2D eigenvalue weighted by molar-refractivity contribution is 5.83. The molecule has 0 spiro atoms. The fraction of sp³-hybridized carbons (Fsp3) is 0.414. The molecule has 1 fully saturated rings. The largest absolute Gasteiger partial charge is 0.464 e. The van der Waals surface area contributed by atoms with Crippen LogP contribution in [0.2, 0.25) is 0 Å². The summed E-state index contributed by atoms with van der Waals surface area (Å²) in [7, 11) is 0. The van der Waals surface area contributed by atoms with E-state index in [1.54, 1.807) is 17.3 Å². The predicted molar refractivity (Wildman–Crippen MR) is 154 cm³/mol. The molecule has 2 N–H and O–H groups in total. The number of fused-ring (bicyclic) bond motifs is 1. The minimum Gasteiger partial charge on any atom is -0.464 e. The molecule has 5 rings (SSSR count). The van der Waals surface area contributed by atoms with Gasteiger partial charge >= 0.3 is 12.1 Å². The number of aromatic nitrogens is 5. The lowest BCUT2D eigenvalue weighted by atomic mass is 10.1. The summed E-state index contributed by atoms with van der Waals surface area (Å²) >= 11 is 0. The number of hydrogen-bond acceptors (Lipinski definition) is 9. The molecule has 1 atom stereocenters. The lowest BCUT2D eigenvalue weighted by Gasteiger charge is -2.38. The molecule has 0 aliphatic carbocycles. The van der Waals surface area contributed by atoms with Gasteiger partial charge in [-0.25, -0.2) is 19.7 Å². The van der Waals surface area contributed by atoms with Gasteiger partial charge in [0.2, 0.25) is 5.95 Å². The molecule has 1 aromatic carbocycles. The highest BCUT2D eigenvalue weighted by Crippen LogP contribution is 2.27. The summed E-state index contributed by atoms with van der Waals surface area (Å²) in [6, 6.07) is 12.4. The summed E-state index contributed by atoms with van der Waals surface area (Å²) in [4.78, 5) is 37.7. The number of nitrogens with zero attached hydrogens (tertiary/aromatic N) is 6. The Balaban J connectivity index is 1.24. The van der Waals surface area contributed by atoms with Crippen molar-refractivity contribution in [2.24, 2.45) is 0 Å². The monoisotopic (exact) mass is 544 g/mol. The van der Waals surface area contributed by atoms with Crippen LogP contribution in [0.4, 0.5) is 16.6 Å². The molecule has 1 aliphatic heterocycles. The lowest BCUT2D eigenvalue weighted by molar-refractivity contribution is 0.0110. The van der Waals surface area contributed by atoms with Crippen molar-refractivity contribution >= 4 is 28.9 Å². The molecule has 1 aliphatic rings. The van der Waals surface area contributed by atoms with Crippen LogP contribution in [0, 0.1) is 0 Å². The number of imidazole rings is 1. The molecule has 0 bridgehead atoms. The molecule has 210 valence electrons. The van der Waals surface area contributed by atoms with Crippen LogP contribution in [-0.2, 0) is 4.74 Å². The first-order valence-corrected chi connectivity index (χ1v) is 13.6. The molecule has 0 radical (unpaired) electrons. The maximum Gasteiger partial charge on any atom is 0.410 e. The van der Waals surface area contributed by atoms with Crippen LogP contribution in [0.15, 0.2) is 48.8 Å². The second-order valence-electron chi connectivity index (χ2n) is 10.8. The van der Waals surface area contributed by atoms with Gasteiger partial charge in [-0.3, -0.25) is 4.90 Å². The molecule has 4 heterocycles. The van der Waals surface area contributed by atoms with Crippen molar-refractivity contribution < 1.29 is 14.3 Å². The Morgan fingerprint density at radius 2 is 1.82 bits per heavy atom. The van der Waals surface area contributed by atoms with Crippen molar-refractivity contribution in [2.45, 2.75) is 46.3 Å². The summed E-state index contributed by atoms with van der Waals surface area (Å²) in [5, 5.41) is 3.31. The maximum atomic E-state index is 12.4. The third-order valence-electron chi connectivity index (χ3n) is 6.71. The number of ether oxygens (including phenoxy) is 2. The van der Waals surface area contributed by atoms with Crippen LogP contribution in [0.3, 0.4) is 0 Å². The van der Waals surface area contributed by atoms with E-state index in [0.717, 1.165) is 40.9 Å². The van der Waals surface area contributed by atoms with E-state index in [1.165, 1.54) is 0 Å². The first-order chi connectivity index (χ1) is 19.2. The van der Waals surface area contributed by atoms with Crippen molar-refractivity contribution in [1.82, 2.24) is 34.7 Å². The Labute approximate surface area is 234 Å². The molecule has 11 heteroatoms. The Morgan fingerprint density at radius 1 is 1.05 bits per heavy atom. The molecule has 11 nitrogen and oxygen atoms in total. The number of anilines is 2. The van der Waals surface area contributed by atoms with Crippen molar-refractivity contribution in [3.8, 4) is 17.3 Å². The van der Waals surface area contributed by atoms with Crippen LogP contribution < -0.4 is 10.1 Å². The average molecular weight is 545 g/mol. The summed E-state index contributed by atoms with van der Waals surface area (Å²) in [6.45, 7) is 13.1. The van der Waals surface area contributed by atoms with E-state index in [2.05, 4.69) is 42.1 Å². The van der Waals surface area contributed by atoms with Gasteiger partial charge < -0.3 is 24.7 Å². The van der Waals surface area contributed by atoms with Crippen molar-refractivity contribution in [2.75, 3.05) is 38.1 Å². The number of carbonyl (C=O) groups is 1. The van der Waals surface area contributed by atoms with Gasteiger partial charge in [0.25, 0.3) is 0 Å². The number of aromatic amines is 1. The topological polar surface area (TPSA) is 121 Å². The molecular weight excluding hydrogens is 508 g/mol. The fourth-order valence-electron chi connectivity index (χ4n) is 4.65. The van der Waals surface area contributed by atoms with Gasteiger partial charge in [-0.05, 0) is 70.5 Å². The number of nitrogens with one attached hydrogen (secondary N) is 2. The SMILES string of the molecule is CCOc1nccc(-c2ccc3nc(Nc4cc(C(C)N5CCN(C(=O)OC(C)(C)C)CC5)ccn4)[nH]c3c2)n1. The number of benzene rings is 1. The number of pyridine rings is 1. The summed E-state index contributed by atoms with van der Waals surface area (Å²) < 4.78 is 11.0. The first-order valence-electron chi connectivity index (χ1n) is 13.6. The summed E-state index contributed by atoms with van der Waals surface area (Å²) in [6.07, 6.45) is 3.25. The third kappa shape index (κ3) is 6.48. The minimum absolute atomic E-state index is 0.164. The van der Waals surface area contributed by atoms with Gasteiger partial charge in [-0.15, -0.1) is 0 Å². The third-order valence-corrected chi connectivity index (χ3v) is 6.71. The number of carbonyl (C=O) groups excluding carboxylic acids is 1. The molecule has 1 amide bonds. The Kier molecular flexibility index (Phi) is 7.83. The van der Waals surface area contributed by atoms with Crippen LogP contribution in [-0.4, -0.2) is 79.2 Å². The van der Waals surface area contributed by atoms with Gasteiger partial charge in [-0.1, -0.05) is 6.07 Å². The number of hydrogen-bond donors (Lipinski definition) is 2. The van der Waals surface area contributed by atoms with Crippen molar-refractivity contribution in [1.29, 1.82) is 0 Å². The highest BCUT2D eigenvalue weighted by Gasteiger charge is 2.28. The predicted octanol–water partition coefficient (Wildman–Crippen LogP) is 5.17. The zero-order valence-corrected chi connectivity index (χ0v) is 23.6. The van der Waals surface area contributed by atoms with Gasteiger partial charge in [0.15, 0.2) is 0 Å². The number of rotatable bonds is 7. The molecule has 1 unspecified atom stereocenters. The van der Waals surface area contributed by atoms with E-state index < -0.39 is 5.60 Å². The number of amides is 1. The lowest BCUT2D eigenvalue weighted by Crippen LogP contribution is -2.50. The van der Waals surface area contributed by atoms with Gasteiger partial charge in [-0.2, -0.15) is 4.98 Å². The summed E-state index contributed by atoms with van der Waals surface area (Å²) in [5.74, 6) is 1.31. The van der Waals surface area contributed by atoms with E-state index in [0.29, 0.717) is 37.5 Å². The van der Waals surface area contributed by atoms with Crippen molar-refractivity contribution in [3.63, 3.8) is 0 Å². The first kappa shape index (κ1) is 27.3. The molecular formula is C29H36N8O3. The van der Waals surface area contributed by atoms with Gasteiger partial charge in [0.1, 0.15) is 11.4 Å². The van der Waals surface area contributed by atoms with Crippen LogP contribution in [0.25, 0.3) is 22.3 Å². The average Bonchev–Trinajstić information content (AvgIpc) is 3.34. The van der Waals surface area contributed by atoms with Gasteiger partial charge in [0, 0.05) is 50.2 Å². The molecule has 1 saturated heterocycles. The Bertz CT molecular complexity index is 1470. The van der Waals surface area contributed by atoms with E-state index in [9.17, 15) is 4.79 Å². The van der Waals surface area contributed by atoms with Crippen LogP contribution in [0.1, 0.15) is 46.2 Å². The molecule has 4 aromatic rings. The molecule has 3 aromatic heterocycles. The van der Waals surface area contributed by atoms with E-state index in [4.69, 9.17) is 9.47 Å².